The lowest BCUT2D eigenvalue weighted by molar-refractivity contribution is -0.127. The third kappa shape index (κ3) is 4.36. The van der Waals surface area contributed by atoms with Crippen molar-refractivity contribution in [3.8, 4) is 0 Å². The average molecular weight is 421 g/mol. The molecular weight excluding hydrogens is 392 g/mol. The van der Waals surface area contributed by atoms with Crippen molar-refractivity contribution < 1.29 is 4.79 Å². The highest BCUT2D eigenvalue weighted by atomic mass is 16.1. The van der Waals surface area contributed by atoms with Gasteiger partial charge < -0.3 is 15.2 Å². The molecule has 9 heteroatoms. The molecule has 0 aliphatic carbocycles. The Morgan fingerprint density at radius 1 is 1.10 bits per heavy atom. The molecule has 0 bridgehead atoms. The van der Waals surface area contributed by atoms with Crippen LogP contribution in [0.5, 0.6) is 0 Å². The Hall–Kier alpha value is -3.07. The van der Waals surface area contributed by atoms with Crippen molar-refractivity contribution in [3.05, 3.63) is 42.7 Å². The standard InChI is InChI=1S/C22H28N8O/c31-22(24-12-17-5-1-2-8-23-17)16-4-3-9-30(13-16)18-6-10-29(11-7-18)21-19-20(26-14-25-19)27-15-28-21/h1-2,5,8,14-16,18H,3-4,6-7,9-13H2,(H,24,31)(H,25,26,27,28)/t16-/m0/s1. The Labute approximate surface area is 181 Å². The molecule has 1 amide bonds. The molecule has 5 heterocycles. The van der Waals surface area contributed by atoms with Crippen LogP contribution in [0.2, 0.25) is 0 Å². The molecule has 3 aromatic heterocycles. The van der Waals surface area contributed by atoms with E-state index in [0.29, 0.717) is 18.2 Å². The van der Waals surface area contributed by atoms with Crippen LogP contribution >= 0.6 is 0 Å². The van der Waals surface area contributed by atoms with Gasteiger partial charge in [0.25, 0.3) is 0 Å². The molecule has 0 aromatic carbocycles. The number of pyridine rings is 1. The number of piperidine rings is 2. The average Bonchev–Trinajstić information content (AvgIpc) is 3.32. The Bertz CT molecular complexity index is 1010. The van der Waals surface area contributed by atoms with E-state index in [1.54, 1.807) is 18.9 Å². The number of anilines is 1. The van der Waals surface area contributed by atoms with Gasteiger partial charge in [-0.15, -0.1) is 0 Å². The second-order valence-electron chi connectivity index (χ2n) is 8.39. The minimum atomic E-state index is 0.0574. The van der Waals surface area contributed by atoms with Crippen LogP contribution in [0.1, 0.15) is 31.4 Å². The number of rotatable bonds is 5. The number of hydrogen-bond donors (Lipinski definition) is 2. The van der Waals surface area contributed by atoms with Gasteiger partial charge in [-0.25, -0.2) is 15.0 Å². The van der Waals surface area contributed by atoms with Crippen LogP contribution < -0.4 is 10.2 Å². The van der Waals surface area contributed by atoms with Crippen LogP contribution in [-0.2, 0) is 11.3 Å². The van der Waals surface area contributed by atoms with Crippen molar-refractivity contribution in [1.82, 2.24) is 35.1 Å². The largest absolute Gasteiger partial charge is 0.355 e. The van der Waals surface area contributed by atoms with Crippen molar-refractivity contribution in [3.63, 3.8) is 0 Å². The van der Waals surface area contributed by atoms with E-state index in [2.05, 4.69) is 40.0 Å². The lowest BCUT2D eigenvalue weighted by Gasteiger charge is -2.42. The molecule has 0 spiro atoms. The van der Waals surface area contributed by atoms with Gasteiger partial charge in [0, 0.05) is 31.9 Å². The van der Waals surface area contributed by atoms with E-state index in [4.69, 9.17) is 0 Å². The lowest BCUT2D eigenvalue weighted by atomic mass is 9.93. The number of fused-ring (bicyclic) bond motifs is 1. The summed E-state index contributed by atoms with van der Waals surface area (Å²) >= 11 is 0. The van der Waals surface area contributed by atoms with E-state index in [9.17, 15) is 4.79 Å². The zero-order valence-electron chi connectivity index (χ0n) is 17.6. The normalized spacial score (nSPS) is 20.8. The summed E-state index contributed by atoms with van der Waals surface area (Å²) in [6, 6.07) is 6.29. The first-order chi connectivity index (χ1) is 15.3. The summed E-state index contributed by atoms with van der Waals surface area (Å²) < 4.78 is 0. The van der Waals surface area contributed by atoms with Crippen molar-refractivity contribution in [2.45, 2.75) is 38.3 Å². The summed E-state index contributed by atoms with van der Waals surface area (Å²) in [5.41, 5.74) is 2.51. The number of likely N-dealkylation sites (tertiary alicyclic amines) is 1. The fourth-order valence-electron chi connectivity index (χ4n) is 4.81. The first-order valence-electron chi connectivity index (χ1n) is 11.1. The highest BCUT2D eigenvalue weighted by Crippen LogP contribution is 2.27. The number of carbonyl (C=O) groups excluding carboxylic acids is 1. The van der Waals surface area contributed by atoms with Gasteiger partial charge in [-0.1, -0.05) is 6.07 Å². The van der Waals surface area contributed by atoms with Crippen molar-refractivity contribution in [1.29, 1.82) is 0 Å². The third-order valence-corrected chi connectivity index (χ3v) is 6.48. The molecule has 2 saturated heterocycles. The number of carbonyl (C=O) groups is 1. The van der Waals surface area contributed by atoms with E-state index in [-0.39, 0.29) is 11.8 Å². The van der Waals surface area contributed by atoms with Gasteiger partial charge in [-0.05, 0) is 44.4 Å². The number of nitrogens with zero attached hydrogens (tertiary/aromatic N) is 6. The molecule has 0 unspecified atom stereocenters. The fraction of sp³-hybridized carbons (Fsp3) is 0.500. The highest BCUT2D eigenvalue weighted by Gasteiger charge is 2.32. The predicted molar refractivity (Wildman–Crippen MR) is 117 cm³/mol. The Balaban J connectivity index is 1.15. The third-order valence-electron chi connectivity index (χ3n) is 6.48. The molecular formula is C22H28N8O. The predicted octanol–water partition coefficient (Wildman–Crippen LogP) is 1.75. The maximum atomic E-state index is 12.7. The minimum absolute atomic E-state index is 0.0574. The zero-order valence-corrected chi connectivity index (χ0v) is 17.6. The molecule has 0 radical (unpaired) electrons. The van der Waals surface area contributed by atoms with Crippen molar-refractivity contribution in [2.24, 2.45) is 5.92 Å². The zero-order chi connectivity index (χ0) is 21.0. The van der Waals surface area contributed by atoms with E-state index in [0.717, 1.165) is 68.9 Å². The number of nitrogens with one attached hydrogen (secondary N) is 2. The number of H-pyrrole nitrogens is 1. The molecule has 31 heavy (non-hydrogen) atoms. The van der Waals surface area contributed by atoms with E-state index in [1.807, 2.05) is 18.2 Å². The quantitative estimate of drug-likeness (QED) is 0.648. The van der Waals surface area contributed by atoms with Crippen LogP contribution in [-0.4, -0.2) is 67.9 Å². The van der Waals surface area contributed by atoms with Crippen molar-refractivity contribution in [2.75, 3.05) is 31.1 Å². The number of aromatic nitrogens is 5. The number of aromatic amines is 1. The summed E-state index contributed by atoms with van der Waals surface area (Å²) in [5.74, 6) is 1.14. The van der Waals surface area contributed by atoms with Crippen molar-refractivity contribution >= 4 is 22.9 Å². The number of imidazole rings is 1. The van der Waals surface area contributed by atoms with Gasteiger partial charge in [0.2, 0.25) is 5.91 Å². The maximum absolute atomic E-state index is 12.7. The van der Waals surface area contributed by atoms with Gasteiger partial charge in [0.1, 0.15) is 11.8 Å². The summed E-state index contributed by atoms with van der Waals surface area (Å²) in [6.45, 7) is 4.31. The van der Waals surface area contributed by atoms with E-state index >= 15 is 0 Å². The molecule has 0 saturated carbocycles. The molecule has 2 fully saturated rings. The van der Waals surface area contributed by atoms with Gasteiger partial charge in [-0.3, -0.25) is 14.7 Å². The Kier molecular flexibility index (Phi) is 5.75. The molecule has 5 rings (SSSR count). The van der Waals surface area contributed by atoms with Crippen LogP contribution in [0.15, 0.2) is 37.1 Å². The smallest absolute Gasteiger partial charge is 0.224 e. The summed E-state index contributed by atoms with van der Waals surface area (Å²) in [5, 5.41) is 3.08. The monoisotopic (exact) mass is 420 g/mol. The Morgan fingerprint density at radius 2 is 2.00 bits per heavy atom. The minimum Gasteiger partial charge on any atom is -0.355 e. The van der Waals surface area contributed by atoms with Crippen LogP contribution in [0.3, 0.4) is 0 Å². The molecule has 9 nitrogen and oxygen atoms in total. The fourth-order valence-corrected chi connectivity index (χ4v) is 4.81. The van der Waals surface area contributed by atoms with Gasteiger partial charge in [0.05, 0.1) is 24.5 Å². The van der Waals surface area contributed by atoms with Crippen LogP contribution in [0, 0.1) is 5.92 Å². The van der Waals surface area contributed by atoms with E-state index in [1.165, 1.54) is 0 Å². The highest BCUT2D eigenvalue weighted by molar-refractivity contribution is 5.82. The molecule has 2 aliphatic rings. The van der Waals surface area contributed by atoms with Gasteiger partial charge in [0.15, 0.2) is 11.5 Å². The maximum Gasteiger partial charge on any atom is 0.224 e. The first kappa shape index (κ1) is 19.9. The second kappa shape index (κ2) is 8.97. The molecule has 1 atom stereocenters. The summed E-state index contributed by atoms with van der Waals surface area (Å²) in [6.07, 6.45) is 9.19. The molecule has 2 N–H and O–H groups in total. The first-order valence-corrected chi connectivity index (χ1v) is 11.1. The number of hydrogen-bond acceptors (Lipinski definition) is 7. The SMILES string of the molecule is O=C(NCc1ccccn1)[C@H]1CCCN(C2CCN(c3ncnc4nc[nH]c34)CC2)C1. The summed E-state index contributed by atoms with van der Waals surface area (Å²) in [7, 11) is 0. The van der Waals surface area contributed by atoms with Crippen LogP contribution in [0.25, 0.3) is 11.2 Å². The molecule has 3 aromatic rings. The topological polar surface area (TPSA) is 103 Å². The summed E-state index contributed by atoms with van der Waals surface area (Å²) in [4.78, 5) is 38.0. The van der Waals surface area contributed by atoms with E-state index < -0.39 is 0 Å². The van der Waals surface area contributed by atoms with Gasteiger partial charge in [-0.2, -0.15) is 0 Å². The molecule has 2 aliphatic heterocycles. The molecule has 162 valence electrons. The lowest BCUT2D eigenvalue weighted by Crippen LogP contribution is -2.51. The second-order valence-corrected chi connectivity index (χ2v) is 8.39. The van der Waals surface area contributed by atoms with Gasteiger partial charge >= 0.3 is 0 Å². The number of amides is 1. The van der Waals surface area contributed by atoms with Crippen LogP contribution in [0.4, 0.5) is 5.82 Å². The Morgan fingerprint density at radius 3 is 2.84 bits per heavy atom.